The summed E-state index contributed by atoms with van der Waals surface area (Å²) < 4.78 is 5.31. The quantitative estimate of drug-likeness (QED) is 0.725. The summed E-state index contributed by atoms with van der Waals surface area (Å²) in [6.45, 7) is 6.91. The molecule has 2 saturated heterocycles. The first-order chi connectivity index (χ1) is 10.2. The topological polar surface area (TPSA) is 61.9 Å². The van der Waals surface area contributed by atoms with Crippen LogP contribution in [0.1, 0.15) is 32.6 Å². The van der Waals surface area contributed by atoms with Crippen molar-refractivity contribution in [3.8, 4) is 0 Å². The highest BCUT2D eigenvalue weighted by Gasteiger charge is 2.31. The Hall–Kier alpha value is -0.850. The van der Waals surface area contributed by atoms with E-state index in [9.17, 15) is 9.59 Å². The van der Waals surface area contributed by atoms with Gasteiger partial charge >= 0.3 is 0 Å². The lowest BCUT2D eigenvalue weighted by Gasteiger charge is -2.34. The van der Waals surface area contributed by atoms with Crippen LogP contribution in [0.5, 0.6) is 0 Å². The molecule has 0 spiro atoms. The number of carbonyl (C=O) groups excluding carboxylic acids is 2. The molecule has 0 aliphatic carbocycles. The summed E-state index contributed by atoms with van der Waals surface area (Å²) in [6.07, 6.45) is 3.65. The molecule has 1 atom stereocenters. The molecule has 2 fully saturated rings. The van der Waals surface area contributed by atoms with Crippen LogP contribution >= 0.6 is 12.4 Å². The van der Waals surface area contributed by atoms with Gasteiger partial charge in [0.1, 0.15) is 0 Å². The van der Waals surface area contributed by atoms with Gasteiger partial charge in [-0.1, -0.05) is 0 Å². The second-order valence-corrected chi connectivity index (χ2v) is 5.67. The van der Waals surface area contributed by atoms with Crippen molar-refractivity contribution < 1.29 is 14.3 Å². The predicted molar refractivity (Wildman–Crippen MR) is 87.2 cm³/mol. The molecule has 0 bridgehead atoms. The second kappa shape index (κ2) is 10.0. The third kappa shape index (κ3) is 5.41. The van der Waals surface area contributed by atoms with Gasteiger partial charge < -0.3 is 19.9 Å². The minimum Gasteiger partial charge on any atom is -0.380 e. The molecule has 2 rings (SSSR count). The van der Waals surface area contributed by atoms with Gasteiger partial charge in [-0.05, 0) is 26.2 Å². The van der Waals surface area contributed by atoms with Gasteiger partial charge in [0.15, 0.2) is 0 Å². The van der Waals surface area contributed by atoms with Gasteiger partial charge in [0, 0.05) is 39.3 Å². The lowest BCUT2D eigenvalue weighted by molar-refractivity contribution is -0.141. The van der Waals surface area contributed by atoms with Crippen LogP contribution < -0.4 is 5.32 Å². The Bertz CT molecular complexity index is 362. The average Bonchev–Trinajstić information content (AvgIpc) is 2.52. The van der Waals surface area contributed by atoms with Crippen molar-refractivity contribution in [1.29, 1.82) is 0 Å². The van der Waals surface area contributed by atoms with Crippen molar-refractivity contribution in [3.63, 3.8) is 0 Å². The van der Waals surface area contributed by atoms with E-state index in [0.717, 1.165) is 32.5 Å². The van der Waals surface area contributed by atoms with E-state index >= 15 is 0 Å². The molecular weight excluding hydrogens is 306 g/mol. The summed E-state index contributed by atoms with van der Waals surface area (Å²) >= 11 is 0. The van der Waals surface area contributed by atoms with Crippen molar-refractivity contribution in [2.45, 2.75) is 38.6 Å². The van der Waals surface area contributed by atoms with E-state index in [0.29, 0.717) is 26.3 Å². The van der Waals surface area contributed by atoms with E-state index in [4.69, 9.17) is 4.74 Å². The molecule has 0 radical (unpaired) electrons. The molecule has 22 heavy (non-hydrogen) atoms. The molecule has 0 saturated carbocycles. The first-order valence-electron chi connectivity index (χ1n) is 8.10. The van der Waals surface area contributed by atoms with Crippen LogP contribution in [-0.2, 0) is 14.3 Å². The lowest BCUT2D eigenvalue weighted by atomic mass is 10.1. The van der Waals surface area contributed by atoms with Crippen LogP contribution in [-0.4, -0.2) is 73.6 Å². The van der Waals surface area contributed by atoms with E-state index in [1.807, 2.05) is 11.8 Å². The van der Waals surface area contributed by atoms with Gasteiger partial charge in [-0.15, -0.1) is 12.4 Å². The second-order valence-electron chi connectivity index (χ2n) is 5.67. The van der Waals surface area contributed by atoms with Crippen LogP contribution in [0.25, 0.3) is 0 Å². The van der Waals surface area contributed by atoms with E-state index in [2.05, 4.69) is 5.32 Å². The number of nitrogens with one attached hydrogen (secondary N) is 1. The molecule has 2 amide bonds. The Labute approximate surface area is 138 Å². The van der Waals surface area contributed by atoms with Gasteiger partial charge in [0.2, 0.25) is 11.8 Å². The van der Waals surface area contributed by atoms with E-state index in [1.165, 1.54) is 6.42 Å². The maximum absolute atomic E-state index is 12.4. The highest BCUT2D eigenvalue weighted by molar-refractivity contribution is 5.89. The molecule has 0 aromatic carbocycles. The monoisotopic (exact) mass is 333 g/mol. The van der Waals surface area contributed by atoms with Gasteiger partial charge in [0.05, 0.1) is 19.1 Å². The van der Waals surface area contributed by atoms with Gasteiger partial charge in [0.25, 0.3) is 0 Å². The number of carbonyl (C=O) groups is 2. The van der Waals surface area contributed by atoms with Crippen molar-refractivity contribution in [2.24, 2.45) is 0 Å². The molecule has 0 aromatic heterocycles. The zero-order chi connectivity index (χ0) is 15.1. The highest BCUT2D eigenvalue weighted by Crippen LogP contribution is 2.12. The summed E-state index contributed by atoms with van der Waals surface area (Å²) in [5, 5.41) is 3.18. The van der Waals surface area contributed by atoms with E-state index < -0.39 is 0 Å². The fourth-order valence-electron chi connectivity index (χ4n) is 2.94. The predicted octanol–water partition coefficient (Wildman–Crippen LogP) is 0.648. The molecule has 1 N–H and O–H groups in total. The summed E-state index contributed by atoms with van der Waals surface area (Å²) in [7, 11) is 0. The molecule has 6 nitrogen and oxygen atoms in total. The largest absolute Gasteiger partial charge is 0.380 e. The number of rotatable bonds is 6. The molecule has 7 heteroatoms. The lowest BCUT2D eigenvalue weighted by Crippen LogP contribution is -2.57. The zero-order valence-corrected chi connectivity index (χ0v) is 14.2. The van der Waals surface area contributed by atoms with Gasteiger partial charge in [-0.3, -0.25) is 9.59 Å². The van der Waals surface area contributed by atoms with Crippen LogP contribution in [0.3, 0.4) is 0 Å². The Balaban J connectivity index is 0.00000242. The number of nitrogens with zero attached hydrogens (tertiary/aromatic N) is 2. The first kappa shape index (κ1) is 19.2. The Morgan fingerprint density at radius 1 is 1.27 bits per heavy atom. The number of piperazine rings is 1. The van der Waals surface area contributed by atoms with Crippen LogP contribution in [0.4, 0.5) is 0 Å². The van der Waals surface area contributed by atoms with Gasteiger partial charge in [-0.2, -0.15) is 0 Å². The average molecular weight is 334 g/mol. The number of hydrogen-bond acceptors (Lipinski definition) is 4. The number of likely N-dealkylation sites (tertiary alicyclic amines) is 1. The minimum atomic E-state index is -0.366. The van der Waals surface area contributed by atoms with Gasteiger partial charge in [-0.25, -0.2) is 0 Å². The standard InChI is InChI=1S/C15H27N3O3.ClH/c1-2-21-11-10-18-9-6-16-13(15(18)20)12-14(19)17-7-4-3-5-8-17;/h13,16H,2-12H2,1H3;1H. The molecule has 2 aliphatic heterocycles. The maximum atomic E-state index is 12.4. The van der Waals surface area contributed by atoms with E-state index in [-0.39, 0.29) is 36.7 Å². The summed E-state index contributed by atoms with van der Waals surface area (Å²) in [5.74, 6) is 0.138. The SMILES string of the molecule is CCOCCN1CCNC(CC(=O)N2CCCCC2)C1=O.Cl. The minimum absolute atomic E-state index is 0. The molecule has 0 aromatic rings. The molecule has 2 aliphatic rings. The van der Waals surface area contributed by atoms with Crippen LogP contribution in [0.2, 0.25) is 0 Å². The Morgan fingerprint density at radius 2 is 2.00 bits per heavy atom. The zero-order valence-electron chi connectivity index (χ0n) is 13.4. The normalized spacial score (nSPS) is 22.4. The number of hydrogen-bond donors (Lipinski definition) is 1. The highest BCUT2D eigenvalue weighted by atomic mass is 35.5. The number of halogens is 1. The van der Waals surface area contributed by atoms with Crippen molar-refractivity contribution in [3.05, 3.63) is 0 Å². The van der Waals surface area contributed by atoms with Crippen molar-refractivity contribution in [2.75, 3.05) is 45.9 Å². The Morgan fingerprint density at radius 3 is 2.68 bits per heavy atom. The van der Waals surface area contributed by atoms with Crippen LogP contribution in [0, 0.1) is 0 Å². The number of ether oxygens (including phenoxy) is 1. The fourth-order valence-corrected chi connectivity index (χ4v) is 2.94. The number of piperidine rings is 1. The summed E-state index contributed by atoms with van der Waals surface area (Å²) in [4.78, 5) is 28.4. The fraction of sp³-hybridized carbons (Fsp3) is 0.867. The third-order valence-electron chi connectivity index (χ3n) is 4.18. The maximum Gasteiger partial charge on any atom is 0.240 e. The smallest absolute Gasteiger partial charge is 0.240 e. The van der Waals surface area contributed by atoms with Crippen molar-refractivity contribution in [1.82, 2.24) is 15.1 Å². The molecular formula is C15H28ClN3O3. The third-order valence-corrected chi connectivity index (χ3v) is 4.18. The summed E-state index contributed by atoms with van der Waals surface area (Å²) in [6, 6.07) is -0.366. The van der Waals surface area contributed by atoms with E-state index in [1.54, 1.807) is 4.90 Å². The Kier molecular flexibility index (Phi) is 8.75. The first-order valence-corrected chi connectivity index (χ1v) is 8.10. The molecule has 1 unspecified atom stereocenters. The molecule has 2 heterocycles. The molecule has 128 valence electrons. The van der Waals surface area contributed by atoms with Crippen molar-refractivity contribution >= 4 is 24.2 Å². The van der Waals surface area contributed by atoms with Crippen LogP contribution in [0.15, 0.2) is 0 Å². The summed E-state index contributed by atoms with van der Waals surface area (Å²) in [5.41, 5.74) is 0. The number of amides is 2.